The highest BCUT2D eigenvalue weighted by Crippen LogP contribution is 2.37. The second kappa shape index (κ2) is 8.61. The summed E-state index contributed by atoms with van der Waals surface area (Å²) in [6, 6.07) is 6.27. The molecule has 0 aliphatic heterocycles. The van der Waals surface area contributed by atoms with Gasteiger partial charge in [0.05, 0.1) is 24.4 Å². The first kappa shape index (κ1) is 19.5. The van der Waals surface area contributed by atoms with E-state index in [1.807, 2.05) is 11.6 Å². The summed E-state index contributed by atoms with van der Waals surface area (Å²) in [5.41, 5.74) is 2.98. The fraction of sp³-hybridized carbons (Fsp3) is 0.600. The molecule has 1 N–H and O–H groups in total. The molecule has 0 bridgehead atoms. The fourth-order valence-electron chi connectivity index (χ4n) is 4.03. The summed E-state index contributed by atoms with van der Waals surface area (Å²) in [5, 5.41) is 16.2. The van der Waals surface area contributed by atoms with Gasteiger partial charge in [-0.15, -0.1) is 5.10 Å². The molecular weight excluding hydrogens is 342 g/mol. The number of nitrogens with zero attached hydrogens (tertiary/aromatic N) is 4. The predicted molar refractivity (Wildman–Crippen MR) is 103 cm³/mol. The number of nitrogens with one attached hydrogen (secondary N) is 1. The minimum absolute atomic E-state index is 0.162. The molecule has 1 aromatic heterocycles. The van der Waals surface area contributed by atoms with Gasteiger partial charge in [-0.05, 0) is 54.7 Å². The first-order valence-corrected chi connectivity index (χ1v) is 9.89. The number of ether oxygens (including phenoxy) is 1. The molecule has 7 nitrogen and oxygen atoms in total. The fourth-order valence-corrected chi connectivity index (χ4v) is 4.03. The van der Waals surface area contributed by atoms with E-state index in [2.05, 4.69) is 52.9 Å². The maximum Gasteiger partial charge on any atom is 0.319 e. The second-order valence-electron chi connectivity index (χ2n) is 7.15. The van der Waals surface area contributed by atoms with E-state index in [-0.39, 0.29) is 12.5 Å². The van der Waals surface area contributed by atoms with Gasteiger partial charge >= 0.3 is 5.97 Å². The number of hydrogen-bond donors (Lipinski definition) is 1. The summed E-state index contributed by atoms with van der Waals surface area (Å²) >= 11 is 0. The third kappa shape index (κ3) is 4.03. The molecule has 0 amide bonds. The van der Waals surface area contributed by atoms with Crippen LogP contribution in [0.4, 0.5) is 0 Å². The largest absolute Gasteiger partial charge is 0.465 e. The number of carbonyl (C=O) groups is 1. The van der Waals surface area contributed by atoms with Gasteiger partial charge in [-0.3, -0.25) is 10.1 Å². The normalized spacial score (nSPS) is 16.3. The van der Waals surface area contributed by atoms with Crippen molar-refractivity contribution in [2.24, 2.45) is 0 Å². The number of esters is 1. The maximum absolute atomic E-state index is 12.0. The number of para-hydroxylation sites is 1. The van der Waals surface area contributed by atoms with Gasteiger partial charge in [-0.1, -0.05) is 44.4 Å². The number of benzene rings is 1. The Morgan fingerprint density at radius 1 is 1.26 bits per heavy atom. The number of aryl methyl sites for hydroxylation is 2. The van der Waals surface area contributed by atoms with E-state index < -0.39 is 5.54 Å². The topological polar surface area (TPSA) is 81.9 Å². The van der Waals surface area contributed by atoms with Gasteiger partial charge in [-0.2, -0.15) is 4.68 Å². The molecule has 3 rings (SSSR count). The zero-order chi connectivity index (χ0) is 19.3. The average Bonchev–Trinajstić information content (AvgIpc) is 3.17. The van der Waals surface area contributed by atoms with Gasteiger partial charge in [-0.25, -0.2) is 0 Å². The molecule has 0 atom stereocenters. The lowest BCUT2D eigenvalue weighted by atomic mass is 9.80. The molecule has 0 saturated heterocycles. The first-order chi connectivity index (χ1) is 13.1. The molecule has 1 aliphatic rings. The number of carbonyl (C=O) groups excluding carboxylic acids is 1. The molecule has 2 aromatic rings. The lowest BCUT2D eigenvalue weighted by Crippen LogP contribution is -2.48. The molecular formula is C20H29N5O2. The average molecular weight is 371 g/mol. The number of rotatable bonds is 7. The molecule has 1 heterocycles. The van der Waals surface area contributed by atoms with E-state index in [1.165, 1.54) is 12.0 Å². The lowest BCUT2D eigenvalue weighted by molar-refractivity contribution is -0.142. The Bertz CT molecular complexity index is 780. The lowest BCUT2D eigenvalue weighted by Gasteiger charge is -2.37. The van der Waals surface area contributed by atoms with E-state index >= 15 is 0 Å². The minimum Gasteiger partial charge on any atom is -0.465 e. The van der Waals surface area contributed by atoms with Gasteiger partial charge in [0.25, 0.3) is 0 Å². The van der Waals surface area contributed by atoms with Crippen molar-refractivity contribution in [3.05, 3.63) is 35.2 Å². The summed E-state index contributed by atoms with van der Waals surface area (Å²) in [6.45, 7) is 6.58. The minimum atomic E-state index is -0.415. The zero-order valence-electron chi connectivity index (χ0n) is 16.5. The van der Waals surface area contributed by atoms with Gasteiger partial charge in [0.2, 0.25) is 0 Å². The van der Waals surface area contributed by atoms with Crippen molar-refractivity contribution >= 4 is 5.97 Å². The van der Waals surface area contributed by atoms with Gasteiger partial charge in [0, 0.05) is 0 Å². The van der Waals surface area contributed by atoms with Crippen LogP contribution in [0.3, 0.4) is 0 Å². The standard InChI is InChI=1S/C20H29N5O2/c1-4-16-11-9-10-15(3)18(16)25-19(22-23-24-25)20(12-7-6-8-13-20)21-14-17(26)27-5-2/h9-11,21H,4-8,12-14H2,1-3H3. The van der Waals surface area contributed by atoms with Crippen LogP contribution in [0.2, 0.25) is 0 Å². The van der Waals surface area contributed by atoms with Crippen LogP contribution in [0.5, 0.6) is 0 Å². The van der Waals surface area contributed by atoms with Crippen LogP contribution in [0, 0.1) is 6.92 Å². The Morgan fingerprint density at radius 3 is 2.74 bits per heavy atom. The predicted octanol–water partition coefficient (Wildman–Crippen LogP) is 2.85. The van der Waals surface area contributed by atoms with E-state index in [9.17, 15) is 4.79 Å². The zero-order valence-corrected chi connectivity index (χ0v) is 16.5. The van der Waals surface area contributed by atoms with Crippen LogP contribution in [-0.2, 0) is 21.5 Å². The molecule has 0 spiro atoms. The van der Waals surface area contributed by atoms with Crippen molar-refractivity contribution in [1.29, 1.82) is 0 Å². The van der Waals surface area contributed by atoms with Crippen LogP contribution in [0.1, 0.15) is 62.9 Å². The summed E-state index contributed by atoms with van der Waals surface area (Å²) in [7, 11) is 0. The van der Waals surface area contributed by atoms with Crippen molar-refractivity contribution in [3.8, 4) is 5.69 Å². The highest BCUT2D eigenvalue weighted by molar-refractivity contribution is 5.71. The quantitative estimate of drug-likeness (QED) is 0.754. The number of aromatic nitrogens is 4. The van der Waals surface area contributed by atoms with E-state index in [1.54, 1.807) is 0 Å². The van der Waals surface area contributed by atoms with Crippen LogP contribution in [-0.4, -0.2) is 39.3 Å². The molecule has 27 heavy (non-hydrogen) atoms. The van der Waals surface area contributed by atoms with Gasteiger partial charge < -0.3 is 4.74 Å². The molecule has 146 valence electrons. The summed E-state index contributed by atoms with van der Waals surface area (Å²) in [6.07, 6.45) is 6.06. The van der Waals surface area contributed by atoms with E-state index in [0.29, 0.717) is 6.61 Å². The van der Waals surface area contributed by atoms with Crippen LogP contribution in [0.15, 0.2) is 18.2 Å². The van der Waals surface area contributed by atoms with Crippen LogP contribution in [0.25, 0.3) is 5.69 Å². The Labute approximate surface area is 160 Å². The molecule has 0 unspecified atom stereocenters. The Morgan fingerprint density at radius 2 is 2.04 bits per heavy atom. The van der Waals surface area contributed by atoms with Crippen molar-refractivity contribution in [2.45, 2.75) is 64.8 Å². The Hall–Kier alpha value is -2.28. The highest BCUT2D eigenvalue weighted by Gasteiger charge is 2.39. The highest BCUT2D eigenvalue weighted by atomic mass is 16.5. The molecule has 1 saturated carbocycles. The summed E-state index contributed by atoms with van der Waals surface area (Å²) in [4.78, 5) is 12.0. The van der Waals surface area contributed by atoms with E-state index in [0.717, 1.165) is 49.2 Å². The molecule has 0 radical (unpaired) electrons. The van der Waals surface area contributed by atoms with Crippen molar-refractivity contribution in [3.63, 3.8) is 0 Å². The Kier molecular flexibility index (Phi) is 6.21. The molecule has 1 fully saturated rings. The monoisotopic (exact) mass is 371 g/mol. The summed E-state index contributed by atoms with van der Waals surface area (Å²) < 4.78 is 6.98. The third-order valence-corrected chi connectivity index (χ3v) is 5.40. The van der Waals surface area contributed by atoms with Crippen molar-refractivity contribution in [2.75, 3.05) is 13.2 Å². The Balaban J connectivity index is 2.01. The number of hydrogen-bond acceptors (Lipinski definition) is 6. The third-order valence-electron chi connectivity index (χ3n) is 5.40. The maximum atomic E-state index is 12.0. The first-order valence-electron chi connectivity index (χ1n) is 9.89. The molecule has 7 heteroatoms. The van der Waals surface area contributed by atoms with Crippen molar-refractivity contribution in [1.82, 2.24) is 25.5 Å². The smallest absolute Gasteiger partial charge is 0.319 e. The van der Waals surface area contributed by atoms with Gasteiger partial charge in [0.1, 0.15) is 0 Å². The summed E-state index contributed by atoms with van der Waals surface area (Å²) in [5.74, 6) is 0.544. The number of tetrazole rings is 1. The van der Waals surface area contributed by atoms with E-state index in [4.69, 9.17) is 4.74 Å². The molecule has 1 aromatic carbocycles. The van der Waals surface area contributed by atoms with Crippen LogP contribution < -0.4 is 5.32 Å². The molecule has 1 aliphatic carbocycles. The van der Waals surface area contributed by atoms with Gasteiger partial charge in [0.15, 0.2) is 5.82 Å². The SMILES string of the molecule is CCOC(=O)CNC1(c2nnnn2-c2c(C)cccc2CC)CCCCC1. The van der Waals surface area contributed by atoms with Crippen LogP contribution >= 0.6 is 0 Å². The second-order valence-corrected chi connectivity index (χ2v) is 7.15. The van der Waals surface area contributed by atoms with Crippen molar-refractivity contribution < 1.29 is 9.53 Å².